The maximum absolute atomic E-state index is 12.3. The molecule has 7 nitrogen and oxygen atoms in total. The number of halogens is 1. The summed E-state index contributed by atoms with van der Waals surface area (Å²) < 4.78 is 5.92. The van der Waals surface area contributed by atoms with Gasteiger partial charge in [0.1, 0.15) is 22.6 Å². The van der Waals surface area contributed by atoms with Crippen molar-refractivity contribution in [2.24, 2.45) is 0 Å². The number of aromatic nitrogens is 2. The highest BCUT2D eigenvalue weighted by molar-refractivity contribution is 6.38. The summed E-state index contributed by atoms with van der Waals surface area (Å²) in [5.74, 6) is 1.20. The van der Waals surface area contributed by atoms with E-state index in [1.807, 2.05) is 85.8 Å². The number of hydrogen-bond acceptors (Lipinski definition) is 5. The average molecular weight is 498 g/mol. The maximum atomic E-state index is 12.3. The first-order valence-corrected chi connectivity index (χ1v) is 11.9. The lowest BCUT2D eigenvalue weighted by atomic mass is 10.1. The molecule has 0 radical (unpaired) electrons. The highest BCUT2D eigenvalue weighted by Crippen LogP contribution is 2.39. The van der Waals surface area contributed by atoms with E-state index in [0.717, 1.165) is 28.8 Å². The third-order valence-corrected chi connectivity index (χ3v) is 6.14. The Balaban J connectivity index is 1.20. The minimum Gasteiger partial charge on any atom is -0.436 e. The van der Waals surface area contributed by atoms with Crippen LogP contribution in [0, 0.1) is 6.92 Å². The lowest BCUT2D eigenvalue weighted by Gasteiger charge is -2.10. The van der Waals surface area contributed by atoms with Crippen molar-refractivity contribution in [2.45, 2.75) is 13.3 Å². The van der Waals surface area contributed by atoms with E-state index in [-0.39, 0.29) is 6.03 Å². The average Bonchev–Trinajstić information content (AvgIpc) is 3.24. The lowest BCUT2D eigenvalue weighted by Crippen LogP contribution is -2.19. The monoisotopic (exact) mass is 497 g/mol. The van der Waals surface area contributed by atoms with Crippen LogP contribution in [-0.4, -0.2) is 22.5 Å². The quantitative estimate of drug-likeness (QED) is 0.222. The number of carbonyl (C=O) groups excluding carboxylic acids is 1. The van der Waals surface area contributed by atoms with Crippen molar-refractivity contribution < 1.29 is 9.21 Å². The van der Waals surface area contributed by atoms with Gasteiger partial charge >= 0.3 is 6.03 Å². The van der Waals surface area contributed by atoms with Gasteiger partial charge in [-0.1, -0.05) is 72.3 Å². The molecule has 0 bridgehead atoms. The standard InChI is InChI=1S/C28H24ClN5O2/c1-18-7-5-6-10-22(18)34-28(35)33-21-13-11-19(12-14-21)15-16-30-26-23-24(29)25(20-8-3-2-4-9-20)36-27(23)32-17-31-26/h2-14,17H,15-16H2,1H3,(H,30,31,32)(H2,33,34,35). The number of nitrogens with zero attached hydrogens (tertiary/aromatic N) is 2. The van der Waals surface area contributed by atoms with E-state index in [4.69, 9.17) is 16.0 Å². The molecule has 180 valence electrons. The van der Waals surface area contributed by atoms with Gasteiger partial charge in [0.15, 0.2) is 5.76 Å². The predicted octanol–water partition coefficient (Wildman–Crippen LogP) is 7.15. The number of para-hydroxylation sites is 1. The highest BCUT2D eigenvalue weighted by atomic mass is 35.5. The van der Waals surface area contributed by atoms with Gasteiger partial charge in [0.05, 0.1) is 0 Å². The molecule has 0 saturated carbocycles. The van der Waals surface area contributed by atoms with Crippen LogP contribution in [0.5, 0.6) is 0 Å². The van der Waals surface area contributed by atoms with Crippen molar-refractivity contribution in [1.29, 1.82) is 0 Å². The van der Waals surface area contributed by atoms with Crippen LogP contribution in [0.2, 0.25) is 5.02 Å². The van der Waals surface area contributed by atoms with Crippen LogP contribution < -0.4 is 16.0 Å². The molecule has 0 spiro atoms. The molecule has 0 unspecified atom stereocenters. The molecule has 0 fully saturated rings. The zero-order chi connectivity index (χ0) is 24.9. The topological polar surface area (TPSA) is 92.1 Å². The predicted molar refractivity (Wildman–Crippen MR) is 145 cm³/mol. The minimum atomic E-state index is -0.279. The SMILES string of the molecule is Cc1ccccc1NC(=O)Nc1ccc(CCNc2ncnc3oc(-c4ccccc4)c(Cl)c23)cc1. The van der Waals surface area contributed by atoms with E-state index in [0.29, 0.717) is 39.9 Å². The second kappa shape index (κ2) is 10.5. The molecular weight excluding hydrogens is 474 g/mol. The van der Waals surface area contributed by atoms with Crippen LogP contribution in [-0.2, 0) is 6.42 Å². The molecule has 5 aromatic rings. The molecule has 36 heavy (non-hydrogen) atoms. The molecule has 5 rings (SSSR count). The molecule has 0 atom stereocenters. The van der Waals surface area contributed by atoms with Gasteiger partial charge in [-0.05, 0) is 42.7 Å². The number of hydrogen-bond donors (Lipinski definition) is 3. The minimum absolute atomic E-state index is 0.279. The van der Waals surface area contributed by atoms with Crippen molar-refractivity contribution in [3.05, 3.63) is 101 Å². The summed E-state index contributed by atoms with van der Waals surface area (Å²) in [6.45, 7) is 2.59. The number of amides is 2. The van der Waals surface area contributed by atoms with Crippen molar-refractivity contribution >= 4 is 45.9 Å². The number of aryl methyl sites for hydroxylation is 1. The fourth-order valence-electron chi connectivity index (χ4n) is 3.89. The van der Waals surface area contributed by atoms with Crippen molar-refractivity contribution in [3.63, 3.8) is 0 Å². The highest BCUT2D eigenvalue weighted by Gasteiger charge is 2.19. The van der Waals surface area contributed by atoms with Crippen LogP contribution in [0.3, 0.4) is 0 Å². The van der Waals surface area contributed by atoms with Gasteiger partial charge in [-0.2, -0.15) is 0 Å². The molecule has 3 aromatic carbocycles. The van der Waals surface area contributed by atoms with Crippen molar-refractivity contribution in [2.75, 3.05) is 22.5 Å². The Morgan fingerprint density at radius 1 is 0.917 bits per heavy atom. The fraction of sp³-hybridized carbons (Fsp3) is 0.107. The summed E-state index contributed by atoms with van der Waals surface area (Å²) in [6.07, 6.45) is 2.21. The third-order valence-electron chi connectivity index (χ3n) is 5.78. The number of nitrogens with one attached hydrogen (secondary N) is 3. The van der Waals surface area contributed by atoms with E-state index in [1.165, 1.54) is 6.33 Å². The van der Waals surface area contributed by atoms with E-state index < -0.39 is 0 Å². The van der Waals surface area contributed by atoms with Crippen LogP contribution >= 0.6 is 11.6 Å². The molecular formula is C28H24ClN5O2. The van der Waals surface area contributed by atoms with Crippen LogP contribution in [0.1, 0.15) is 11.1 Å². The number of carbonyl (C=O) groups is 1. The van der Waals surface area contributed by atoms with Gasteiger partial charge in [-0.15, -0.1) is 0 Å². The summed E-state index contributed by atoms with van der Waals surface area (Å²) >= 11 is 6.66. The first kappa shape index (κ1) is 23.4. The largest absolute Gasteiger partial charge is 0.436 e. The first-order chi connectivity index (χ1) is 17.6. The number of benzene rings is 3. The van der Waals surface area contributed by atoms with E-state index in [2.05, 4.69) is 25.9 Å². The Bertz CT molecular complexity index is 1500. The van der Waals surface area contributed by atoms with E-state index in [1.54, 1.807) is 0 Å². The summed E-state index contributed by atoms with van der Waals surface area (Å²) in [7, 11) is 0. The number of anilines is 3. The number of urea groups is 1. The van der Waals surface area contributed by atoms with Gasteiger partial charge in [-0.3, -0.25) is 0 Å². The molecule has 8 heteroatoms. The van der Waals surface area contributed by atoms with Crippen LogP contribution in [0.25, 0.3) is 22.4 Å². The first-order valence-electron chi connectivity index (χ1n) is 11.5. The van der Waals surface area contributed by atoms with E-state index >= 15 is 0 Å². The van der Waals surface area contributed by atoms with Gasteiger partial charge < -0.3 is 20.4 Å². The van der Waals surface area contributed by atoms with Gasteiger partial charge in [0.25, 0.3) is 0 Å². The Kier molecular flexibility index (Phi) is 6.82. The number of rotatable bonds is 7. The molecule has 0 saturated heterocycles. The summed E-state index contributed by atoms with van der Waals surface area (Å²) in [5.41, 5.74) is 4.94. The van der Waals surface area contributed by atoms with Gasteiger partial charge in [-0.25, -0.2) is 14.8 Å². The zero-order valence-corrected chi connectivity index (χ0v) is 20.3. The summed E-state index contributed by atoms with van der Waals surface area (Å²) in [6, 6.07) is 24.8. The molecule has 2 heterocycles. The number of fused-ring (bicyclic) bond motifs is 1. The summed E-state index contributed by atoms with van der Waals surface area (Å²) in [4.78, 5) is 20.9. The second-order valence-corrected chi connectivity index (χ2v) is 8.66. The lowest BCUT2D eigenvalue weighted by molar-refractivity contribution is 0.262. The van der Waals surface area contributed by atoms with Crippen molar-refractivity contribution in [1.82, 2.24) is 9.97 Å². The Morgan fingerprint density at radius 2 is 1.67 bits per heavy atom. The van der Waals surface area contributed by atoms with Crippen molar-refractivity contribution in [3.8, 4) is 11.3 Å². The molecule has 0 aliphatic carbocycles. The zero-order valence-electron chi connectivity index (χ0n) is 19.6. The van der Waals surface area contributed by atoms with Crippen LogP contribution in [0.4, 0.5) is 22.0 Å². The normalized spacial score (nSPS) is 10.8. The number of furan rings is 1. The molecule has 0 aliphatic rings. The van der Waals surface area contributed by atoms with Crippen LogP contribution in [0.15, 0.2) is 89.6 Å². The molecule has 0 aliphatic heterocycles. The third kappa shape index (κ3) is 5.16. The summed E-state index contributed by atoms with van der Waals surface area (Å²) in [5, 5.41) is 10.2. The molecule has 3 N–H and O–H groups in total. The molecule has 2 aromatic heterocycles. The Hall–Kier alpha value is -4.36. The fourth-order valence-corrected chi connectivity index (χ4v) is 4.20. The molecule has 2 amide bonds. The smallest absolute Gasteiger partial charge is 0.323 e. The van der Waals surface area contributed by atoms with Gasteiger partial charge in [0.2, 0.25) is 5.71 Å². The Labute approximate surface area is 213 Å². The van der Waals surface area contributed by atoms with E-state index in [9.17, 15) is 4.79 Å². The second-order valence-electron chi connectivity index (χ2n) is 8.28. The van der Waals surface area contributed by atoms with Gasteiger partial charge in [0, 0.05) is 23.5 Å². The maximum Gasteiger partial charge on any atom is 0.323 e. The Morgan fingerprint density at radius 3 is 2.44 bits per heavy atom.